The number of benzene rings is 1. The first kappa shape index (κ1) is 14.3. The summed E-state index contributed by atoms with van der Waals surface area (Å²) in [4.78, 5) is 22.1. The summed E-state index contributed by atoms with van der Waals surface area (Å²) in [6.07, 6.45) is 0. The van der Waals surface area contributed by atoms with Crippen LogP contribution in [0.2, 0.25) is 0 Å². The van der Waals surface area contributed by atoms with Crippen molar-refractivity contribution >= 4 is 45.0 Å². The normalized spacial score (nSPS) is 18.9. The van der Waals surface area contributed by atoms with Gasteiger partial charge in [-0.15, -0.1) is 0 Å². The van der Waals surface area contributed by atoms with Gasteiger partial charge in [-0.3, -0.25) is 14.9 Å². The predicted octanol–water partition coefficient (Wildman–Crippen LogP) is 2.00. The number of anilines is 1. The lowest BCUT2D eigenvalue weighted by Gasteiger charge is -2.22. The van der Waals surface area contributed by atoms with E-state index in [0.29, 0.717) is 10.2 Å². The van der Waals surface area contributed by atoms with Crippen molar-refractivity contribution in [3.05, 3.63) is 32.8 Å². The van der Waals surface area contributed by atoms with Gasteiger partial charge in [-0.2, -0.15) is 11.8 Å². The molecule has 2 rings (SSSR count). The summed E-state index contributed by atoms with van der Waals surface area (Å²) in [5.74, 6) is 1.61. The van der Waals surface area contributed by atoms with E-state index in [2.05, 4.69) is 26.6 Å². The fourth-order valence-corrected chi connectivity index (χ4v) is 3.07. The first-order chi connectivity index (χ1) is 9.08. The molecular formula is C11H12BrN3O3S. The van der Waals surface area contributed by atoms with E-state index in [4.69, 9.17) is 0 Å². The zero-order valence-electron chi connectivity index (χ0n) is 9.89. The molecule has 102 valence electrons. The highest BCUT2D eigenvalue weighted by Gasteiger charge is 2.21. The second-order valence-corrected chi connectivity index (χ2v) is 6.00. The topological polar surface area (TPSA) is 84.3 Å². The lowest BCUT2D eigenvalue weighted by Crippen LogP contribution is -2.46. The third kappa shape index (κ3) is 3.68. The molecule has 2 N–H and O–H groups in total. The lowest BCUT2D eigenvalue weighted by atomic mass is 10.2. The van der Waals surface area contributed by atoms with Crippen LogP contribution < -0.4 is 10.6 Å². The minimum atomic E-state index is -0.476. The first-order valence-corrected chi connectivity index (χ1v) is 7.58. The van der Waals surface area contributed by atoms with E-state index in [1.807, 2.05) is 0 Å². The number of nitro groups is 1. The van der Waals surface area contributed by atoms with E-state index in [-0.39, 0.29) is 17.6 Å². The summed E-state index contributed by atoms with van der Waals surface area (Å²) in [7, 11) is 0. The molecule has 0 radical (unpaired) electrons. The molecule has 0 spiro atoms. The Hall–Kier alpha value is -1.12. The van der Waals surface area contributed by atoms with Crippen LogP contribution >= 0.6 is 27.7 Å². The summed E-state index contributed by atoms with van der Waals surface area (Å²) >= 11 is 4.95. The molecular weight excluding hydrogens is 334 g/mol. The average molecular weight is 346 g/mol. The zero-order chi connectivity index (χ0) is 13.8. The van der Waals surface area contributed by atoms with Crippen molar-refractivity contribution in [3.8, 4) is 0 Å². The number of carbonyl (C=O) groups excluding carboxylic acids is 1. The number of thioether (sulfide) groups is 1. The number of hydrogen-bond donors (Lipinski definition) is 2. The van der Waals surface area contributed by atoms with Crippen LogP contribution in [0.5, 0.6) is 0 Å². The van der Waals surface area contributed by atoms with E-state index in [0.717, 1.165) is 18.1 Å². The smallest absolute Gasteiger partial charge is 0.270 e. The van der Waals surface area contributed by atoms with E-state index in [1.54, 1.807) is 11.8 Å². The Kier molecular flexibility index (Phi) is 4.78. The van der Waals surface area contributed by atoms with Crippen molar-refractivity contribution in [3.63, 3.8) is 0 Å². The summed E-state index contributed by atoms with van der Waals surface area (Å²) in [6.45, 7) is 0.810. The Morgan fingerprint density at radius 1 is 1.58 bits per heavy atom. The molecule has 8 heteroatoms. The second kappa shape index (κ2) is 6.36. The number of amides is 1. The van der Waals surface area contributed by atoms with E-state index in [9.17, 15) is 14.9 Å². The van der Waals surface area contributed by atoms with E-state index in [1.165, 1.54) is 18.2 Å². The molecule has 1 aromatic rings. The average Bonchev–Trinajstić information content (AvgIpc) is 2.41. The molecule has 0 bridgehead atoms. The maximum absolute atomic E-state index is 12.0. The number of nitro benzene ring substituents is 1. The van der Waals surface area contributed by atoms with Crippen LogP contribution in [0.4, 0.5) is 11.4 Å². The molecule has 1 atom stereocenters. The van der Waals surface area contributed by atoms with Crippen LogP contribution in [0.1, 0.15) is 0 Å². The Balaban J connectivity index is 2.06. The quantitative estimate of drug-likeness (QED) is 0.646. The van der Waals surface area contributed by atoms with Gasteiger partial charge < -0.3 is 10.6 Å². The second-order valence-electron chi connectivity index (χ2n) is 3.99. The van der Waals surface area contributed by atoms with Crippen LogP contribution in [0.3, 0.4) is 0 Å². The summed E-state index contributed by atoms with van der Waals surface area (Å²) in [6, 6.07) is 4.04. The SMILES string of the molecule is O=C(Nc1ccc([N+](=O)[O-])cc1Br)C1CSCCN1. The molecule has 1 fully saturated rings. The molecule has 0 saturated carbocycles. The Morgan fingerprint density at radius 3 is 2.95 bits per heavy atom. The van der Waals surface area contributed by atoms with Crippen LogP contribution in [0.25, 0.3) is 0 Å². The Labute approximate surface area is 122 Å². The highest BCUT2D eigenvalue weighted by Crippen LogP contribution is 2.27. The Bertz CT molecular complexity index is 506. The molecule has 1 amide bonds. The third-order valence-corrected chi connectivity index (χ3v) is 4.38. The number of hydrogen-bond acceptors (Lipinski definition) is 5. The highest BCUT2D eigenvalue weighted by molar-refractivity contribution is 9.10. The van der Waals surface area contributed by atoms with Gasteiger partial charge in [-0.1, -0.05) is 0 Å². The summed E-state index contributed by atoms with van der Waals surface area (Å²) < 4.78 is 0.499. The number of carbonyl (C=O) groups is 1. The Morgan fingerprint density at radius 2 is 2.37 bits per heavy atom. The number of non-ortho nitro benzene ring substituents is 1. The van der Waals surface area contributed by atoms with Gasteiger partial charge in [0.1, 0.15) is 0 Å². The van der Waals surface area contributed by atoms with Crippen molar-refractivity contribution in [2.24, 2.45) is 0 Å². The first-order valence-electron chi connectivity index (χ1n) is 5.64. The molecule has 1 aromatic carbocycles. The fourth-order valence-electron chi connectivity index (χ4n) is 1.67. The van der Waals surface area contributed by atoms with Crippen LogP contribution in [-0.4, -0.2) is 34.9 Å². The van der Waals surface area contributed by atoms with Gasteiger partial charge in [-0.25, -0.2) is 0 Å². The summed E-state index contributed by atoms with van der Waals surface area (Å²) in [5, 5.41) is 16.5. The molecule has 6 nitrogen and oxygen atoms in total. The summed E-state index contributed by atoms with van der Waals surface area (Å²) in [5.41, 5.74) is 0.518. The number of rotatable bonds is 3. The maximum atomic E-state index is 12.0. The van der Waals surface area contributed by atoms with Crippen molar-refractivity contribution in [1.29, 1.82) is 0 Å². The van der Waals surface area contributed by atoms with Crippen LogP contribution in [0.15, 0.2) is 22.7 Å². The van der Waals surface area contributed by atoms with Crippen molar-refractivity contribution in [2.75, 3.05) is 23.4 Å². The maximum Gasteiger partial charge on any atom is 0.270 e. The van der Waals surface area contributed by atoms with Crippen LogP contribution in [0, 0.1) is 10.1 Å². The van der Waals surface area contributed by atoms with Gasteiger partial charge in [0.2, 0.25) is 5.91 Å². The number of nitrogens with one attached hydrogen (secondary N) is 2. The van der Waals surface area contributed by atoms with Crippen LogP contribution in [-0.2, 0) is 4.79 Å². The van der Waals surface area contributed by atoms with Gasteiger partial charge in [-0.05, 0) is 22.0 Å². The molecule has 1 heterocycles. The molecule has 1 unspecified atom stereocenters. The van der Waals surface area contributed by atoms with Gasteiger partial charge in [0.25, 0.3) is 5.69 Å². The predicted molar refractivity (Wildman–Crippen MR) is 78.5 cm³/mol. The van der Waals surface area contributed by atoms with E-state index < -0.39 is 4.92 Å². The largest absolute Gasteiger partial charge is 0.324 e. The number of halogens is 1. The minimum Gasteiger partial charge on any atom is -0.324 e. The van der Waals surface area contributed by atoms with Crippen molar-refractivity contribution < 1.29 is 9.72 Å². The number of nitrogens with zero attached hydrogens (tertiary/aromatic N) is 1. The molecule has 1 aliphatic heterocycles. The van der Waals surface area contributed by atoms with Gasteiger partial charge in [0.15, 0.2) is 0 Å². The monoisotopic (exact) mass is 345 g/mol. The van der Waals surface area contributed by atoms with Crippen molar-refractivity contribution in [2.45, 2.75) is 6.04 Å². The van der Waals surface area contributed by atoms with Gasteiger partial charge >= 0.3 is 0 Å². The minimum absolute atomic E-state index is 0.0174. The van der Waals surface area contributed by atoms with Gasteiger partial charge in [0.05, 0.1) is 16.7 Å². The zero-order valence-corrected chi connectivity index (χ0v) is 12.3. The molecule has 0 aromatic heterocycles. The van der Waals surface area contributed by atoms with Crippen molar-refractivity contribution in [1.82, 2.24) is 5.32 Å². The van der Waals surface area contributed by atoms with E-state index >= 15 is 0 Å². The highest BCUT2D eigenvalue weighted by atomic mass is 79.9. The molecule has 1 aliphatic rings. The standard InChI is InChI=1S/C11H12BrN3O3S/c12-8-5-7(15(17)18)1-2-9(8)14-11(16)10-6-19-4-3-13-10/h1-2,5,10,13H,3-4,6H2,(H,14,16). The molecule has 0 aliphatic carbocycles. The van der Waals surface area contributed by atoms with Gasteiger partial charge in [0, 0.05) is 34.7 Å². The third-order valence-electron chi connectivity index (χ3n) is 2.66. The molecule has 1 saturated heterocycles. The lowest BCUT2D eigenvalue weighted by molar-refractivity contribution is -0.384. The molecule has 19 heavy (non-hydrogen) atoms. The fraction of sp³-hybridized carbons (Fsp3) is 0.364.